The van der Waals surface area contributed by atoms with Gasteiger partial charge in [0.1, 0.15) is 5.75 Å². The molecule has 0 saturated carbocycles. The lowest BCUT2D eigenvalue weighted by Gasteiger charge is -2.11. The van der Waals surface area contributed by atoms with Crippen molar-refractivity contribution in [2.45, 2.75) is 4.90 Å². The molecule has 122 valence electrons. The first-order valence-corrected chi connectivity index (χ1v) is 8.83. The average molecular weight is 399 g/mol. The van der Waals surface area contributed by atoms with Gasteiger partial charge in [-0.3, -0.25) is 9.52 Å². The van der Waals surface area contributed by atoms with E-state index in [0.29, 0.717) is 15.9 Å². The third-order valence-corrected chi connectivity index (χ3v) is 5.04. The molecular weight excluding hydrogens is 384 g/mol. The molecule has 1 amide bonds. The van der Waals surface area contributed by atoms with Crippen LogP contribution in [0, 0.1) is 0 Å². The second-order valence-electron chi connectivity index (χ2n) is 4.56. The van der Waals surface area contributed by atoms with Gasteiger partial charge in [0.25, 0.3) is 15.9 Å². The van der Waals surface area contributed by atoms with Crippen molar-refractivity contribution in [1.29, 1.82) is 0 Å². The Labute approximate surface area is 143 Å². The summed E-state index contributed by atoms with van der Waals surface area (Å²) in [6.45, 7) is 0. The Morgan fingerprint density at radius 1 is 1.17 bits per heavy atom. The number of benzene rings is 2. The molecule has 23 heavy (non-hydrogen) atoms. The maximum Gasteiger partial charge on any atom is 0.261 e. The normalized spacial score (nSPS) is 10.9. The van der Waals surface area contributed by atoms with Crippen LogP contribution in [0.1, 0.15) is 10.4 Å². The Bertz CT molecular complexity index is 837. The molecule has 2 aromatic rings. The predicted octanol–water partition coefficient (Wildman–Crippen LogP) is 2.62. The number of amides is 1. The third-order valence-electron chi connectivity index (χ3n) is 3.04. The van der Waals surface area contributed by atoms with E-state index in [4.69, 9.17) is 4.74 Å². The Morgan fingerprint density at radius 2 is 1.91 bits per heavy atom. The van der Waals surface area contributed by atoms with E-state index in [0.717, 1.165) is 0 Å². The minimum Gasteiger partial charge on any atom is -0.496 e. The van der Waals surface area contributed by atoms with Crippen LogP contribution in [0.3, 0.4) is 0 Å². The number of halogens is 1. The largest absolute Gasteiger partial charge is 0.496 e. The molecule has 0 bridgehead atoms. The molecular formula is C15H15BrN2O4S. The highest BCUT2D eigenvalue weighted by Gasteiger charge is 2.16. The average Bonchev–Trinajstić information content (AvgIpc) is 2.54. The first-order valence-electron chi connectivity index (χ1n) is 6.56. The molecule has 2 rings (SSSR count). The smallest absolute Gasteiger partial charge is 0.261 e. The SMILES string of the molecule is CNC(=O)c1cccc(S(=O)(=O)Nc2ccc(OC)c(Br)c2)c1. The van der Waals surface area contributed by atoms with Crippen LogP contribution in [-0.4, -0.2) is 28.5 Å². The fraction of sp³-hybridized carbons (Fsp3) is 0.133. The van der Waals surface area contributed by atoms with Gasteiger partial charge >= 0.3 is 0 Å². The number of sulfonamides is 1. The van der Waals surface area contributed by atoms with E-state index in [-0.39, 0.29) is 16.4 Å². The molecule has 0 saturated heterocycles. The van der Waals surface area contributed by atoms with Gasteiger partial charge in [0.2, 0.25) is 0 Å². The molecule has 0 atom stereocenters. The molecule has 0 aliphatic heterocycles. The molecule has 0 aromatic heterocycles. The van der Waals surface area contributed by atoms with Crippen molar-refractivity contribution >= 4 is 37.5 Å². The van der Waals surface area contributed by atoms with Gasteiger partial charge in [-0.15, -0.1) is 0 Å². The van der Waals surface area contributed by atoms with E-state index >= 15 is 0 Å². The van der Waals surface area contributed by atoms with Gasteiger partial charge in [-0.2, -0.15) is 0 Å². The summed E-state index contributed by atoms with van der Waals surface area (Å²) < 4.78 is 33.1. The van der Waals surface area contributed by atoms with Gasteiger partial charge < -0.3 is 10.1 Å². The standard InChI is InChI=1S/C15H15BrN2O4S/c1-17-15(19)10-4-3-5-12(8-10)23(20,21)18-11-6-7-14(22-2)13(16)9-11/h3-9,18H,1-2H3,(H,17,19). The van der Waals surface area contributed by atoms with E-state index < -0.39 is 10.0 Å². The highest BCUT2D eigenvalue weighted by atomic mass is 79.9. The predicted molar refractivity (Wildman–Crippen MR) is 91.3 cm³/mol. The zero-order chi connectivity index (χ0) is 17.0. The molecule has 2 aromatic carbocycles. The summed E-state index contributed by atoms with van der Waals surface area (Å²) in [7, 11) is -0.801. The number of hydrogen-bond donors (Lipinski definition) is 2. The molecule has 0 fully saturated rings. The number of ether oxygens (including phenoxy) is 1. The van der Waals surface area contributed by atoms with Gasteiger partial charge in [-0.25, -0.2) is 8.42 Å². The van der Waals surface area contributed by atoms with Crippen molar-refractivity contribution in [2.75, 3.05) is 18.9 Å². The van der Waals surface area contributed by atoms with Crippen LogP contribution in [0.4, 0.5) is 5.69 Å². The van der Waals surface area contributed by atoms with Crippen molar-refractivity contribution in [1.82, 2.24) is 5.32 Å². The molecule has 0 aliphatic rings. The maximum absolute atomic E-state index is 12.4. The Kier molecular flexibility index (Phi) is 5.27. The van der Waals surface area contributed by atoms with E-state index in [1.165, 1.54) is 32.4 Å². The lowest BCUT2D eigenvalue weighted by atomic mass is 10.2. The lowest BCUT2D eigenvalue weighted by molar-refractivity contribution is 0.0963. The van der Waals surface area contributed by atoms with Crippen LogP contribution in [0.5, 0.6) is 5.75 Å². The van der Waals surface area contributed by atoms with Gasteiger partial charge in [-0.05, 0) is 52.3 Å². The molecule has 0 unspecified atom stereocenters. The first-order chi connectivity index (χ1) is 10.9. The zero-order valence-corrected chi connectivity index (χ0v) is 14.9. The summed E-state index contributed by atoms with van der Waals surface area (Å²) in [6, 6.07) is 10.6. The van der Waals surface area contributed by atoms with Crippen LogP contribution < -0.4 is 14.8 Å². The molecule has 6 nitrogen and oxygen atoms in total. The number of rotatable bonds is 5. The Hall–Kier alpha value is -2.06. The Balaban J connectivity index is 2.32. The fourth-order valence-corrected chi connectivity index (χ4v) is 3.53. The number of methoxy groups -OCH3 is 1. The van der Waals surface area contributed by atoms with Crippen molar-refractivity contribution in [3.8, 4) is 5.75 Å². The summed E-state index contributed by atoms with van der Waals surface area (Å²) >= 11 is 3.30. The van der Waals surface area contributed by atoms with Gasteiger partial charge in [-0.1, -0.05) is 6.07 Å². The van der Waals surface area contributed by atoms with Crippen molar-refractivity contribution in [3.05, 3.63) is 52.5 Å². The second-order valence-corrected chi connectivity index (χ2v) is 7.10. The maximum atomic E-state index is 12.4. The van der Waals surface area contributed by atoms with E-state index in [1.807, 2.05) is 0 Å². The summed E-state index contributed by atoms with van der Waals surface area (Å²) in [5, 5.41) is 2.46. The van der Waals surface area contributed by atoms with E-state index in [9.17, 15) is 13.2 Å². The van der Waals surface area contributed by atoms with Crippen LogP contribution in [-0.2, 0) is 10.0 Å². The van der Waals surface area contributed by atoms with Crippen molar-refractivity contribution < 1.29 is 17.9 Å². The summed E-state index contributed by atoms with van der Waals surface area (Å²) in [4.78, 5) is 11.6. The number of nitrogens with one attached hydrogen (secondary N) is 2. The van der Waals surface area contributed by atoms with Crippen LogP contribution >= 0.6 is 15.9 Å². The number of anilines is 1. The summed E-state index contributed by atoms with van der Waals surface area (Å²) in [6.07, 6.45) is 0. The Morgan fingerprint density at radius 3 is 2.52 bits per heavy atom. The quantitative estimate of drug-likeness (QED) is 0.810. The van der Waals surface area contributed by atoms with E-state index in [1.54, 1.807) is 24.3 Å². The number of carbonyl (C=O) groups is 1. The first kappa shape index (κ1) is 17.3. The van der Waals surface area contributed by atoms with Crippen molar-refractivity contribution in [2.24, 2.45) is 0 Å². The molecule has 0 aliphatic carbocycles. The fourth-order valence-electron chi connectivity index (χ4n) is 1.89. The minimum absolute atomic E-state index is 0.00513. The summed E-state index contributed by atoms with van der Waals surface area (Å²) in [5.41, 5.74) is 0.648. The topological polar surface area (TPSA) is 84.5 Å². The van der Waals surface area contributed by atoms with Crippen LogP contribution in [0.15, 0.2) is 51.8 Å². The summed E-state index contributed by atoms with van der Waals surface area (Å²) in [5.74, 6) is 0.240. The highest BCUT2D eigenvalue weighted by Crippen LogP contribution is 2.28. The van der Waals surface area contributed by atoms with Gasteiger partial charge in [0.05, 0.1) is 22.2 Å². The van der Waals surface area contributed by atoms with Gasteiger partial charge in [0, 0.05) is 12.6 Å². The lowest BCUT2D eigenvalue weighted by Crippen LogP contribution is -2.19. The molecule has 0 radical (unpaired) electrons. The molecule has 2 N–H and O–H groups in total. The molecule has 8 heteroatoms. The zero-order valence-electron chi connectivity index (χ0n) is 12.5. The van der Waals surface area contributed by atoms with E-state index in [2.05, 4.69) is 26.0 Å². The molecule has 0 heterocycles. The van der Waals surface area contributed by atoms with Crippen LogP contribution in [0.25, 0.3) is 0 Å². The second kappa shape index (κ2) is 7.01. The van der Waals surface area contributed by atoms with Crippen LogP contribution in [0.2, 0.25) is 0 Å². The highest BCUT2D eigenvalue weighted by molar-refractivity contribution is 9.10. The van der Waals surface area contributed by atoms with Gasteiger partial charge in [0.15, 0.2) is 0 Å². The third kappa shape index (κ3) is 4.02. The van der Waals surface area contributed by atoms with Crippen molar-refractivity contribution in [3.63, 3.8) is 0 Å². The number of carbonyl (C=O) groups excluding carboxylic acids is 1. The monoisotopic (exact) mass is 398 g/mol. The number of hydrogen-bond acceptors (Lipinski definition) is 4. The minimum atomic E-state index is -3.81. The molecule has 0 spiro atoms.